The lowest BCUT2D eigenvalue weighted by Crippen LogP contribution is -2.29. The van der Waals surface area contributed by atoms with Gasteiger partial charge in [-0.3, -0.25) is 4.68 Å². The van der Waals surface area contributed by atoms with Crippen molar-refractivity contribution in [1.82, 2.24) is 9.78 Å². The van der Waals surface area contributed by atoms with Crippen LogP contribution in [0.5, 0.6) is 0 Å². The molecule has 5 nitrogen and oxygen atoms in total. The van der Waals surface area contributed by atoms with Crippen LogP contribution in [0.25, 0.3) is 0 Å². The Morgan fingerprint density at radius 1 is 1.59 bits per heavy atom. The van der Waals surface area contributed by atoms with Crippen molar-refractivity contribution in [2.24, 2.45) is 0 Å². The minimum absolute atomic E-state index is 0.208. The van der Waals surface area contributed by atoms with E-state index in [1.807, 2.05) is 0 Å². The smallest absolute Gasteiger partial charge is 0.0969 e. The van der Waals surface area contributed by atoms with E-state index in [0.29, 0.717) is 18.2 Å². The number of rotatable bonds is 5. The van der Waals surface area contributed by atoms with Gasteiger partial charge in [-0.1, -0.05) is 11.6 Å². The van der Waals surface area contributed by atoms with Crippen LogP contribution in [0.4, 0.5) is 0 Å². The third kappa shape index (κ3) is 4.27. The SMILES string of the molecule is OC(COC1CCOCC1)Cn1cc(Cl)cn1. The number of aromatic nitrogens is 2. The zero-order valence-corrected chi connectivity index (χ0v) is 10.3. The predicted molar refractivity (Wildman–Crippen MR) is 63.0 cm³/mol. The second kappa shape index (κ2) is 6.35. The maximum Gasteiger partial charge on any atom is 0.0969 e. The largest absolute Gasteiger partial charge is 0.389 e. The van der Waals surface area contributed by atoms with Crippen molar-refractivity contribution in [3.05, 3.63) is 17.4 Å². The Hall–Kier alpha value is -0.620. The van der Waals surface area contributed by atoms with Crippen molar-refractivity contribution in [1.29, 1.82) is 0 Å². The van der Waals surface area contributed by atoms with Crippen molar-refractivity contribution in [2.75, 3.05) is 19.8 Å². The molecule has 0 radical (unpaired) electrons. The molecule has 0 saturated carbocycles. The summed E-state index contributed by atoms with van der Waals surface area (Å²) in [5.41, 5.74) is 0. The maximum atomic E-state index is 9.78. The Kier molecular flexibility index (Phi) is 4.79. The number of hydrogen-bond acceptors (Lipinski definition) is 4. The summed E-state index contributed by atoms with van der Waals surface area (Å²) in [5, 5.41) is 14.4. The molecule has 1 fully saturated rings. The van der Waals surface area contributed by atoms with Gasteiger partial charge in [-0.2, -0.15) is 5.10 Å². The van der Waals surface area contributed by atoms with Crippen LogP contribution in [0.2, 0.25) is 5.02 Å². The minimum atomic E-state index is -0.561. The van der Waals surface area contributed by atoms with Crippen molar-refractivity contribution in [3.63, 3.8) is 0 Å². The highest BCUT2D eigenvalue weighted by Gasteiger charge is 2.16. The van der Waals surface area contributed by atoms with E-state index < -0.39 is 6.10 Å². The van der Waals surface area contributed by atoms with Gasteiger partial charge in [-0.25, -0.2) is 0 Å². The minimum Gasteiger partial charge on any atom is -0.389 e. The first-order valence-corrected chi connectivity index (χ1v) is 6.17. The molecule has 0 aliphatic carbocycles. The summed E-state index contributed by atoms with van der Waals surface area (Å²) < 4.78 is 12.5. The lowest BCUT2D eigenvalue weighted by molar-refractivity contribution is -0.0622. The molecule has 96 valence electrons. The average molecular weight is 261 g/mol. The number of aliphatic hydroxyl groups is 1. The predicted octanol–water partition coefficient (Wildman–Crippen LogP) is 1.09. The lowest BCUT2D eigenvalue weighted by atomic mass is 10.1. The Morgan fingerprint density at radius 2 is 2.35 bits per heavy atom. The van der Waals surface area contributed by atoms with E-state index in [0.717, 1.165) is 26.1 Å². The van der Waals surface area contributed by atoms with E-state index in [1.54, 1.807) is 17.1 Å². The van der Waals surface area contributed by atoms with Gasteiger partial charge in [0.05, 0.1) is 36.6 Å². The summed E-state index contributed by atoms with van der Waals surface area (Å²) in [7, 11) is 0. The van der Waals surface area contributed by atoms with Gasteiger partial charge in [0.2, 0.25) is 0 Å². The van der Waals surface area contributed by atoms with E-state index in [9.17, 15) is 5.11 Å². The lowest BCUT2D eigenvalue weighted by Gasteiger charge is -2.23. The van der Waals surface area contributed by atoms with Gasteiger partial charge in [0.1, 0.15) is 0 Å². The van der Waals surface area contributed by atoms with Crippen molar-refractivity contribution in [2.45, 2.75) is 31.6 Å². The molecule has 17 heavy (non-hydrogen) atoms. The molecule has 6 heteroatoms. The zero-order valence-electron chi connectivity index (χ0n) is 9.59. The molecule has 0 aromatic carbocycles. The van der Waals surface area contributed by atoms with Gasteiger partial charge in [0, 0.05) is 19.4 Å². The molecule has 0 amide bonds. The first-order chi connectivity index (χ1) is 8.24. The molecule has 1 atom stereocenters. The van der Waals surface area contributed by atoms with Crippen LogP contribution in [0.15, 0.2) is 12.4 Å². The van der Waals surface area contributed by atoms with Gasteiger partial charge < -0.3 is 14.6 Å². The summed E-state index contributed by atoms with van der Waals surface area (Å²) in [6, 6.07) is 0. The third-order valence-corrected chi connectivity index (χ3v) is 2.89. The van der Waals surface area contributed by atoms with Crippen LogP contribution in [0.1, 0.15) is 12.8 Å². The van der Waals surface area contributed by atoms with Crippen molar-refractivity contribution >= 4 is 11.6 Å². The highest BCUT2D eigenvalue weighted by molar-refractivity contribution is 6.30. The van der Waals surface area contributed by atoms with Crippen LogP contribution in [-0.4, -0.2) is 46.9 Å². The molecule has 1 aliphatic heterocycles. The first-order valence-electron chi connectivity index (χ1n) is 5.79. The number of ether oxygens (including phenoxy) is 2. The molecule has 0 spiro atoms. The Bertz CT molecular complexity index is 339. The van der Waals surface area contributed by atoms with Gasteiger partial charge in [0.25, 0.3) is 0 Å². The number of halogens is 1. The summed E-state index contributed by atoms with van der Waals surface area (Å²) in [6.07, 6.45) is 4.68. The van der Waals surface area contributed by atoms with Crippen LogP contribution in [0, 0.1) is 0 Å². The monoisotopic (exact) mass is 260 g/mol. The van der Waals surface area contributed by atoms with Gasteiger partial charge >= 0.3 is 0 Å². The number of nitrogens with zero attached hydrogens (tertiary/aromatic N) is 2. The normalized spacial score (nSPS) is 19.4. The van der Waals surface area contributed by atoms with E-state index in [2.05, 4.69) is 5.10 Å². The molecule has 1 unspecified atom stereocenters. The van der Waals surface area contributed by atoms with Gasteiger partial charge in [0.15, 0.2) is 0 Å². The van der Waals surface area contributed by atoms with Crippen LogP contribution in [-0.2, 0) is 16.0 Å². The van der Waals surface area contributed by atoms with Gasteiger partial charge in [-0.15, -0.1) is 0 Å². The fourth-order valence-corrected chi connectivity index (χ4v) is 1.95. The number of hydrogen-bond donors (Lipinski definition) is 1. The molecular weight excluding hydrogens is 244 g/mol. The van der Waals surface area contributed by atoms with Crippen molar-refractivity contribution < 1.29 is 14.6 Å². The second-order valence-electron chi connectivity index (χ2n) is 4.18. The standard InChI is InChI=1S/C11H17ClN2O3/c12-9-5-13-14(6-9)7-10(15)8-17-11-1-3-16-4-2-11/h5-6,10-11,15H,1-4,7-8H2. The fourth-order valence-electron chi connectivity index (χ4n) is 1.80. The Labute approximate surface area is 105 Å². The van der Waals surface area contributed by atoms with Crippen LogP contribution in [0.3, 0.4) is 0 Å². The third-order valence-electron chi connectivity index (χ3n) is 2.69. The highest BCUT2D eigenvalue weighted by atomic mass is 35.5. The van der Waals surface area contributed by atoms with Crippen LogP contribution >= 0.6 is 11.6 Å². The molecule has 0 bridgehead atoms. The topological polar surface area (TPSA) is 56.5 Å². The molecule has 1 aromatic rings. The maximum absolute atomic E-state index is 9.78. The van der Waals surface area contributed by atoms with Crippen molar-refractivity contribution in [3.8, 4) is 0 Å². The molecule has 1 aliphatic rings. The fraction of sp³-hybridized carbons (Fsp3) is 0.727. The Balaban J connectivity index is 1.68. The molecule has 1 N–H and O–H groups in total. The van der Waals surface area contributed by atoms with E-state index >= 15 is 0 Å². The summed E-state index contributed by atoms with van der Waals surface area (Å²) in [5.74, 6) is 0. The number of aliphatic hydroxyl groups excluding tert-OH is 1. The van der Waals surface area contributed by atoms with E-state index in [1.165, 1.54) is 0 Å². The summed E-state index contributed by atoms with van der Waals surface area (Å²) >= 11 is 5.73. The highest BCUT2D eigenvalue weighted by Crippen LogP contribution is 2.11. The quantitative estimate of drug-likeness (QED) is 0.861. The van der Waals surface area contributed by atoms with E-state index in [4.69, 9.17) is 21.1 Å². The molecule has 2 rings (SSSR count). The first kappa shape index (κ1) is 12.8. The molecule has 1 aromatic heterocycles. The zero-order chi connectivity index (χ0) is 12.1. The van der Waals surface area contributed by atoms with Crippen LogP contribution < -0.4 is 0 Å². The summed E-state index contributed by atoms with van der Waals surface area (Å²) in [4.78, 5) is 0. The molecule has 2 heterocycles. The van der Waals surface area contributed by atoms with E-state index in [-0.39, 0.29) is 6.10 Å². The van der Waals surface area contributed by atoms with Gasteiger partial charge in [-0.05, 0) is 12.8 Å². The summed E-state index contributed by atoms with van der Waals surface area (Å²) in [6.45, 7) is 2.21. The Morgan fingerprint density at radius 3 is 3.00 bits per heavy atom. The molecular formula is C11H17ClN2O3. The molecule has 1 saturated heterocycles. The second-order valence-corrected chi connectivity index (χ2v) is 4.62. The average Bonchev–Trinajstić information content (AvgIpc) is 2.73.